The van der Waals surface area contributed by atoms with E-state index in [4.69, 9.17) is 10.5 Å². The van der Waals surface area contributed by atoms with Crippen LogP contribution in [0, 0.1) is 0 Å². The van der Waals surface area contributed by atoms with E-state index in [1.807, 2.05) is 0 Å². The fourth-order valence-electron chi connectivity index (χ4n) is 1.04. The zero-order valence-corrected chi connectivity index (χ0v) is 10.0. The fraction of sp³-hybridized carbons (Fsp3) is 0.300. The number of amides is 1. The highest BCUT2D eigenvalue weighted by Crippen LogP contribution is 2.22. The summed E-state index contributed by atoms with van der Waals surface area (Å²) in [6.45, 7) is 0.415. The maximum absolute atomic E-state index is 11.3. The molecule has 82 valence electrons. The zero-order chi connectivity index (χ0) is 11.3. The molecule has 0 aliphatic rings. The van der Waals surface area contributed by atoms with Crippen LogP contribution in [0.1, 0.15) is 6.42 Å². The molecule has 0 aliphatic heterocycles. The number of halogens is 1. The largest absolute Gasteiger partial charge is 0.398 e. The van der Waals surface area contributed by atoms with Crippen LogP contribution in [0.5, 0.6) is 0 Å². The second-order valence-corrected chi connectivity index (χ2v) is 3.88. The van der Waals surface area contributed by atoms with Crippen molar-refractivity contribution in [2.24, 2.45) is 0 Å². The number of carbonyl (C=O) groups is 1. The summed E-state index contributed by atoms with van der Waals surface area (Å²) in [6.07, 6.45) is 0.340. The molecule has 15 heavy (non-hydrogen) atoms. The second kappa shape index (κ2) is 5.72. The third-order valence-electron chi connectivity index (χ3n) is 1.81. The minimum Gasteiger partial charge on any atom is -0.398 e. The molecule has 3 N–H and O–H groups in total. The van der Waals surface area contributed by atoms with Crippen molar-refractivity contribution in [2.45, 2.75) is 6.42 Å². The lowest BCUT2D eigenvalue weighted by Crippen LogP contribution is -2.13. The van der Waals surface area contributed by atoms with Gasteiger partial charge in [0.1, 0.15) is 0 Å². The van der Waals surface area contributed by atoms with E-state index in [1.54, 1.807) is 25.3 Å². The number of nitrogen functional groups attached to an aromatic ring is 1. The van der Waals surface area contributed by atoms with Crippen LogP contribution in [0.25, 0.3) is 0 Å². The van der Waals surface area contributed by atoms with Crippen molar-refractivity contribution in [1.29, 1.82) is 0 Å². The van der Waals surface area contributed by atoms with Gasteiger partial charge in [-0.05, 0) is 34.1 Å². The van der Waals surface area contributed by atoms with E-state index < -0.39 is 0 Å². The van der Waals surface area contributed by atoms with Gasteiger partial charge >= 0.3 is 0 Å². The number of anilines is 2. The summed E-state index contributed by atoms with van der Waals surface area (Å²) in [5.74, 6) is -0.0847. The molecule has 0 fully saturated rings. The van der Waals surface area contributed by atoms with Crippen molar-refractivity contribution in [3.05, 3.63) is 22.7 Å². The highest BCUT2D eigenvalue weighted by atomic mass is 79.9. The minimum atomic E-state index is -0.0847. The third kappa shape index (κ3) is 3.89. The molecule has 0 spiro atoms. The summed E-state index contributed by atoms with van der Waals surface area (Å²) in [6, 6.07) is 5.28. The van der Waals surface area contributed by atoms with Gasteiger partial charge in [-0.25, -0.2) is 0 Å². The number of benzene rings is 1. The molecule has 5 heteroatoms. The van der Waals surface area contributed by atoms with Crippen molar-refractivity contribution in [2.75, 3.05) is 24.8 Å². The molecule has 0 bridgehead atoms. The molecular formula is C10H13BrN2O2. The molecule has 0 heterocycles. The summed E-state index contributed by atoms with van der Waals surface area (Å²) in [5, 5.41) is 2.72. The maximum atomic E-state index is 11.3. The van der Waals surface area contributed by atoms with Crippen LogP contribution in [-0.2, 0) is 9.53 Å². The van der Waals surface area contributed by atoms with Crippen molar-refractivity contribution < 1.29 is 9.53 Å². The van der Waals surface area contributed by atoms with Gasteiger partial charge in [-0.1, -0.05) is 0 Å². The second-order valence-electron chi connectivity index (χ2n) is 3.03. The Morgan fingerprint density at radius 1 is 1.60 bits per heavy atom. The van der Waals surface area contributed by atoms with Crippen LogP contribution in [0.3, 0.4) is 0 Å². The quantitative estimate of drug-likeness (QED) is 0.825. The Kier molecular flexibility index (Phi) is 4.58. The van der Waals surface area contributed by atoms with Gasteiger partial charge in [-0.2, -0.15) is 0 Å². The van der Waals surface area contributed by atoms with Crippen LogP contribution in [0.2, 0.25) is 0 Å². The molecule has 0 aliphatic carbocycles. The van der Waals surface area contributed by atoms with Crippen LogP contribution >= 0.6 is 15.9 Å². The lowest BCUT2D eigenvalue weighted by Gasteiger charge is -2.06. The van der Waals surface area contributed by atoms with Crippen LogP contribution < -0.4 is 11.1 Å². The summed E-state index contributed by atoms with van der Waals surface area (Å²) < 4.78 is 5.62. The molecule has 0 saturated carbocycles. The Hall–Kier alpha value is -1.07. The Morgan fingerprint density at radius 2 is 2.33 bits per heavy atom. The topological polar surface area (TPSA) is 64.3 Å². The first-order valence-corrected chi connectivity index (χ1v) is 5.26. The van der Waals surface area contributed by atoms with Gasteiger partial charge in [0.05, 0.1) is 13.0 Å². The van der Waals surface area contributed by atoms with Crippen LogP contribution in [-0.4, -0.2) is 19.6 Å². The highest BCUT2D eigenvalue weighted by molar-refractivity contribution is 9.10. The first-order valence-electron chi connectivity index (χ1n) is 4.47. The molecule has 1 rings (SSSR count). The maximum Gasteiger partial charge on any atom is 0.226 e. The molecule has 1 aromatic carbocycles. The van der Waals surface area contributed by atoms with Crippen LogP contribution in [0.15, 0.2) is 22.7 Å². The van der Waals surface area contributed by atoms with E-state index in [0.717, 1.165) is 4.47 Å². The van der Waals surface area contributed by atoms with Gasteiger partial charge in [0.25, 0.3) is 0 Å². The fourth-order valence-corrected chi connectivity index (χ4v) is 1.29. The monoisotopic (exact) mass is 272 g/mol. The van der Waals surface area contributed by atoms with Gasteiger partial charge in [0.15, 0.2) is 0 Å². The molecule has 1 aromatic rings. The van der Waals surface area contributed by atoms with E-state index in [1.165, 1.54) is 0 Å². The Morgan fingerprint density at radius 3 is 2.93 bits per heavy atom. The lowest BCUT2D eigenvalue weighted by atomic mass is 10.2. The van der Waals surface area contributed by atoms with Gasteiger partial charge in [0.2, 0.25) is 5.91 Å². The van der Waals surface area contributed by atoms with Crippen molar-refractivity contribution in [1.82, 2.24) is 0 Å². The van der Waals surface area contributed by atoms with Gasteiger partial charge in [-0.3, -0.25) is 4.79 Å². The average Bonchev–Trinajstić information content (AvgIpc) is 2.20. The number of nitrogens with one attached hydrogen (secondary N) is 1. The van der Waals surface area contributed by atoms with Gasteiger partial charge in [-0.15, -0.1) is 0 Å². The van der Waals surface area contributed by atoms with E-state index in [9.17, 15) is 4.79 Å². The molecule has 0 radical (unpaired) electrons. The number of carbonyl (C=O) groups excluding carboxylic acids is 1. The summed E-state index contributed by atoms with van der Waals surface area (Å²) >= 11 is 3.28. The summed E-state index contributed by atoms with van der Waals surface area (Å²) in [5.41, 5.74) is 6.96. The molecule has 0 atom stereocenters. The predicted octanol–water partition coefficient (Wildman–Crippen LogP) is 2.01. The van der Waals surface area contributed by atoms with E-state index >= 15 is 0 Å². The number of hydrogen-bond acceptors (Lipinski definition) is 3. The Labute approximate surface area is 96.9 Å². The molecular weight excluding hydrogens is 260 g/mol. The van der Waals surface area contributed by atoms with E-state index in [0.29, 0.717) is 24.4 Å². The normalized spacial score (nSPS) is 10.0. The Bertz CT molecular complexity index is 355. The number of methoxy groups -OCH3 is 1. The van der Waals surface area contributed by atoms with Gasteiger partial charge in [0, 0.05) is 23.0 Å². The minimum absolute atomic E-state index is 0.0847. The van der Waals surface area contributed by atoms with Crippen molar-refractivity contribution in [3.63, 3.8) is 0 Å². The average molecular weight is 273 g/mol. The first-order chi connectivity index (χ1) is 7.13. The first kappa shape index (κ1) is 12.0. The number of rotatable bonds is 4. The van der Waals surface area contributed by atoms with Crippen LogP contribution in [0.4, 0.5) is 11.4 Å². The molecule has 4 nitrogen and oxygen atoms in total. The molecule has 0 aromatic heterocycles. The van der Waals surface area contributed by atoms with Gasteiger partial charge < -0.3 is 15.8 Å². The van der Waals surface area contributed by atoms with Crippen molar-refractivity contribution in [3.8, 4) is 0 Å². The molecule has 0 saturated heterocycles. The SMILES string of the molecule is COCCC(=O)Nc1ccc(Br)c(N)c1. The number of ether oxygens (including phenoxy) is 1. The van der Waals surface area contributed by atoms with E-state index in [2.05, 4.69) is 21.2 Å². The summed E-state index contributed by atoms with van der Waals surface area (Å²) in [4.78, 5) is 11.3. The summed E-state index contributed by atoms with van der Waals surface area (Å²) in [7, 11) is 1.56. The zero-order valence-electron chi connectivity index (χ0n) is 8.42. The lowest BCUT2D eigenvalue weighted by molar-refractivity contribution is -0.117. The molecule has 1 amide bonds. The number of nitrogens with two attached hydrogens (primary N) is 1. The smallest absolute Gasteiger partial charge is 0.226 e. The third-order valence-corrected chi connectivity index (χ3v) is 2.54. The number of hydrogen-bond donors (Lipinski definition) is 2. The predicted molar refractivity (Wildman–Crippen MR) is 63.7 cm³/mol. The molecule has 0 unspecified atom stereocenters. The van der Waals surface area contributed by atoms with E-state index in [-0.39, 0.29) is 5.91 Å². The standard InChI is InChI=1S/C10H13BrN2O2/c1-15-5-4-10(14)13-7-2-3-8(11)9(12)6-7/h2-3,6H,4-5,12H2,1H3,(H,13,14). The Balaban J connectivity index is 2.57. The van der Waals surface area contributed by atoms with Crippen molar-refractivity contribution >= 4 is 33.2 Å². The highest BCUT2D eigenvalue weighted by Gasteiger charge is 2.03.